The van der Waals surface area contributed by atoms with Crippen LogP contribution in [0.3, 0.4) is 0 Å². The monoisotopic (exact) mass is 479 g/mol. The normalized spacial score (nSPS) is 12.7. The highest BCUT2D eigenvalue weighted by atomic mass is 35.5. The lowest BCUT2D eigenvalue weighted by atomic mass is 10.0. The van der Waals surface area contributed by atoms with Crippen LogP contribution in [-0.4, -0.2) is 30.0 Å². The van der Waals surface area contributed by atoms with Crippen molar-refractivity contribution in [1.29, 1.82) is 0 Å². The van der Waals surface area contributed by atoms with Gasteiger partial charge in [-0.1, -0.05) is 73.4 Å². The van der Waals surface area contributed by atoms with E-state index in [1.807, 2.05) is 44.2 Å². The van der Waals surface area contributed by atoms with Crippen LogP contribution in [0.25, 0.3) is 0 Å². The van der Waals surface area contributed by atoms with Crippen molar-refractivity contribution in [2.45, 2.75) is 45.4 Å². The summed E-state index contributed by atoms with van der Waals surface area (Å²) in [5.74, 6) is -1.17. The number of rotatable bonds is 10. The third kappa shape index (κ3) is 8.40. The van der Waals surface area contributed by atoms with Gasteiger partial charge in [-0.3, -0.25) is 9.59 Å². The van der Waals surface area contributed by atoms with Crippen LogP contribution in [0.2, 0.25) is 10.0 Å². The number of carbonyl (C=O) groups is 3. The molecule has 2 atom stereocenters. The number of hydrogen-bond donors (Lipinski definition) is 3. The second-order valence-electron chi connectivity index (χ2n) is 7.79. The number of benzene rings is 2. The molecule has 0 unspecified atom stereocenters. The minimum absolute atomic E-state index is 0.0711. The molecule has 0 fully saturated rings. The first-order chi connectivity index (χ1) is 15.2. The maximum absolute atomic E-state index is 12.9. The summed E-state index contributed by atoms with van der Waals surface area (Å²) in [6, 6.07) is 12.1. The first-order valence-electron chi connectivity index (χ1n) is 10.2. The van der Waals surface area contributed by atoms with E-state index in [1.54, 1.807) is 18.2 Å². The first kappa shape index (κ1) is 25.5. The van der Waals surface area contributed by atoms with Crippen molar-refractivity contribution < 1.29 is 19.1 Å². The molecule has 0 heterocycles. The average molecular weight is 480 g/mol. The van der Waals surface area contributed by atoms with Crippen LogP contribution in [0, 0.1) is 5.92 Å². The second kappa shape index (κ2) is 12.3. The number of nitrogens with two attached hydrogens (primary N) is 1. The summed E-state index contributed by atoms with van der Waals surface area (Å²) in [5.41, 5.74) is 6.92. The molecule has 0 aliphatic heterocycles. The molecule has 2 aromatic rings. The van der Waals surface area contributed by atoms with E-state index >= 15 is 0 Å². The topological polar surface area (TPSA) is 111 Å². The number of primary amides is 1. The van der Waals surface area contributed by atoms with Crippen molar-refractivity contribution in [2.75, 3.05) is 0 Å². The lowest BCUT2D eigenvalue weighted by molar-refractivity contribution is -0.128. The Bertz CT molecular complexity index is 938. The number of ether oxygens (including phenoxy) is 1. The van der Waals surface area contributed by atoms with Crippen molar-refractivity contribution in [2.24, 2.45) is 11.7 Å². The minimum Gasteiger partial charge on any atom is -0.445 e. The lowest BCUT2D eigenvalue weighted by Gasteiger charge is -2.23. The van der Waals surface area contributed by atoms with Gasteiger partial charge in [0.1, 0.15) is 18.7 Å². The molecule has 172 valence electrons. The maximum Gasteiger partial charge on any atom is 0.408 e. The smallest absolute Gasteiger partial charge is 0.408 e. The number of alkyl carbamates (subject to hydrolysis) is 1. The molecule has 4 N–H and O–H groups in total. The summed E-state index contributed by atoms with van der Waals surface area (Å²) in [7, 11) is 0. The zero-order valence-corrected chi connectivity index (χ0v) is 19.5. The predicted octanol–water partition coefficient (Wildman–Crippen LogP) is 3.85. The van der Waals surface area contributed by atoms with Crippen LogP contribution >= 0.6 is 23.2 Å². The van der Waals surface area contributed by atoms with Crippen molar-refractivity contribution in [3.63, 3.8) is 0 Å². The highest BCUT2D eigenvalue weighted by Gasteiger charge is 2.27. The Morgan fingerprint density at radius 2 is 1.69 bits per heavy atom. The SMILES string of the molecule is CC(C)C[C@H](NC(=O)OCc1ccccc1)C(=O)N[C@H](Cc1ccc(Cl)cc1Cl)C(N)=O. The molecule has 32 heavy (non-hydrogen) atoms. The van der Waals surface area contributed by atoms with E-state index in [1.165, 1.54) is 0 Å². The van der Waals surface area contributed by atoms with E-state index in [0.717, 1.165) is 5.56 Å². The van der Waals surface area contributed by atoms with Gasteiger partial charge in [0.25, 0.3) is 0 Å². The molecule has 2 rings (SSSR count). The third-order valence-electron chi connectivity index (χ3n) is 4.63. The number of hydrogen-bond acceptors (Lipinski definition) is 4. The number of halogens is 2. The molecular weight excluding hydrogens is 453 g/mol. The molecule has 0 spiro atoms. The molecule has 0 radical (unpaired) electrons. The summed E-state index contributed by atoms with van der Waals surface area (Å²) in [5, 5.41) is 6.01. The van der Waals surface area contributed by atoms with Gasteiger partial charge < -0.3 is 21.1 Å². The second-order valence-corrected chi connectivity index (χ2v) is 8.64. The molecular formula is C23H27Cl2N3O4. The van der Waals surface area contributed by atoms with Crippen molar-refractivity contribution >= 4 is 41.1 Å². The highest BCUT2D eigenvalue weighted by Crippen LogP contribution is 2.22. The van der Waals surface area contributed by atoms with Crippen LogP contribution in [0.15, 0.2) is 48.5 Å². The van der Waals surface area contributed by atoms with Crippen LogP contribution in [0.4, 0.5) is 4.79 Å². The Labute approximate surface area is 197 Å². The Hall–Kier alpha value is -2.77. The van der Waals surface area contributed by atoms with Crippen molar-refractivity contribution in [1.82, 2.24) is 10.6 Å². The first-order valence-corrected chi connectivity index (χ1v) is 10.9. The molecule has 0 saturated heterocycles. The predicted molar refractivity (Wildman–Crippen MR) is 124 cm³/mol. The van der Waals surface area contributed by atoms with Crippen LogP contribution in [-0.2, 0) is 27.4 Å². The largest absolute Gasteiger partial charge is 0.445 e. The molecule has 0 aliphatic carbocycles. The van der Waals surface area contributed by atoms with Gasteiger partial charge >= 0.3 is 6.09 Å². The van der Waals surface area contributed by atoms with E-state index in [4.69, 9.17) is 33.7 Å². The van der Waals surface area contributed by atoms with Gasteiger partial charge in [-0.25, -0.2) is 4.79 Å². The molecule has 0 bridgehead atoms. The summed E-state index contributed by atoms with van der Waals surface area (Å²) >= 11 is 12.1. The Balaban J connectivity index is 2.03. The molecule has 9 heteroatoms. The number of nitrogens with one attached hydrogen (secondary N) is 2. The minimum atomic E-state index is -1.02. The van der Waals surface area contributed by atoms with E-state index < -0.39 is 30.0 Å². The molecule has 0 aliphatic rings. The van der Waals surface area contributed by atoms with E-state index in [0.29, 0.717) is 22.0 Å². The molecule has 7 nitrogen and oxygen atoms in total. The molecule has 3 amide bonds. The standard InChI is InChI=1S/C23H27Cl2N3O4/c1-14(2)10-20(28-23(31)32-13-15-6-4-3-5-7-15)22(30)27-19(21(26)29)11-16-8-9-17(24)12-18(16)25/h3-9,12,14,19-20H,10-11,13H2,1-2H3,(H2,26,29)(H,27,30)(H,28,31)/t19-,20+/m1/s1. The quantitative estimate of drug-likeness (QED) is 0.480. The fourth-order valence-electron chi connectivity index (χ4n) is 3.01. The highest BCUT2D eigenvalue weighted by molar-refractivity contribution is 6.35. The summed E-state index contributed by atoms with van der Waals surface area (Å²) in [6.07, 6.45) is -0.297. The Morgan fingerprint density at radius 1 is 1.00 bits per heavy atom. The van der Waals surface area contributed by atoms with Gasteiger partial charge in [-0.2, -0.15) is 0 Å². The van der Waals surface area contributed by atoms with Gasteiger partial charge in [0.05, 0.1) is 0 Å². The van der Waals surface area contributed by atoms with Crippen LogP contribution in [0.5, 0.6) is 0 Å². The van der Waals surface area contributed by atoms with Crippen LogP contribution < -0.4 is 16.4 Å². The summed E-state index contributed by atoms with van der Waals surface area (Å²) in [6.45, 7) is 3.90. The zero-order valence-electron chi connectivity index (χ0n) is 17.9. The van der Waals surface area contributed by atoms with Gasteiger partial charge in [0.2, 0.25) is 11.8 Å². The summed E-state index contributed by atoms with van der Waals surface area (Å²) in [4.78, 5) is 37.1. The van der Waals surface area contributed by atoms with Gasteiger partial charge in [-0.15, -0.1) is 0 Å². The molecule has 0 saturated carbocycles. The maximum atomic E-state index is 12.9. The van der Waals surface area contributed by atoms with E-state index in [-0.39, 0.29) is 18.9 Å². The van der Waals surface area contributed by atoms with Gasteiger partial charge in [-0.05, 0) is 35.6 Å². The molecule has 2 aromatic carbocycles. The van der Waals surface area contributed by atoms with Crippen molar-refractivity contribution in [3.8, 4) is 0 Å². The lowest BCUT2D eigenvalue weighted by Crippen LogP contribution is -2.54. The van der Waals surface area contributed by atoms with E-state index in [2.05, 4.69) is 10.6 Å². The fourth-order valence-corrected chi connectivity index (χ4v) is 3.50. The number of amides is 3. The van der Waals surface area contributed by atoms with Crippen LogP contribution in [0.1, 0.15) is 31.4 Å². The molecule has 0 aromatic heterocycles. The zero-order chi connectivity index (χ0) is 23.7. The fraction of sp³-hybridized carbons (Fsp3) is 0.348. The van der Waals surface area contributed by atoms with Gasteiger partial charge in [0.15, 0.2) is 0 Å². The third-order valence-corrected chi connectivity index (χ3v) is 5.21. The van der Waals surface area contributed by atoms with E-state index in [9.17, 15) is 14.4 Å². The Kier molecular flexibility index (Phi) is 9.81. The van der Waals surface area contributed by atoms with Gasteiger partial charge in [0, 0.05) is 16.5 Å². The van der Waals surface area contributed by atoms with Crippen molar-refractivity contribution in [3.05, 3.63) is 69.7 Å². The Morgan fingerprint density at radius 3 is 2.28 bits per heavy atom. The summed E-state index contributed by atoms with van der Waals surface area (Å²) < 4.78 is 5.21. The average Bonchev–Trinajstić information content (AvgIpc) is 2.73. The number of carbonyl (C=O) groups excluding carboxylic acids is 3.